The third kappa shape index (κ3) is 6.94. The second kappa shape index (κ2) is 14.5. The van der Waals surface area contributed by atoms with E-state index in [4.69, 9.17) is 4.65 Å². The van der Waals surface area contributed by atoms with Crippen LogP contribution in [0.25, 0.3) is 0 Å². The predicted molar refractivity (Wildman–Crippen MR) is 190 cm³/mol. The Morgan fingerprint density at radius 2 is 1.40 bits per heavy atom. The van der Waals surface area contributed by atoms with Crippen LogP contribution in [0.2, 0.25) is 6.82 Å². The normalized spacial score (nSPS) is 21.4. The number of fused-ring (bicyclic) bond motifs is 3. The minimum Gasteiger partial charge on any atom is -0.406 e. The van der Waals surface area contributed by atoms with Crippen LogP contribution in [-0.2, 0) is 23.1 Å². The van der Waals surface area contributed by atoms with Crippen molar-refractivity contribution in [1.82, 2.24) is 4.81 Å². The second-order valence-electron chi connectivity index (χ2n) is 12.4. The molecule has 0 unspecified atom stereocenters. The van der Waals surface area contributed by atoms with Crippen LogP contribution in [0.1, 0.15) is 82.8 Å². The number of rotatable bonds is 2. The van der Waals surface area contributed by atoms with Crippen molar-refractivity contribution in [3.8, 4) is 0 Å². The van der Waals surface area contributed by atoms with Crippen LogP contribution in [0, 0.1) is 0 Å². The van der Waals surface area contributed by atoms with Gasteiger partial charge in [-0.05, 0) is 110 Å². The number of nitrogens with zero attached hydrogens (tertiary/aromatic N) is 1. The second-order valence-corrected chi connectivity index (χ2v) is 14.2. The topological polar surface area (TPSA) is 49.8 Å². The van der Waals surface area contributed by atoms with Gasteiger partial charge in [-0.15, -0.1) is 0 Å². The molecule has 0 amide bonds. The molecule has 0 saturated carbocycles. The number of aryl methyl sites for hydroxylation is 2. The molecule has 0 radical (unpaired) electrons. The predicted octanol–water partition coefficient (Wildman–Crippen LogP) is 9.33. The number of aliphatic hydroxyl groups excluding tert-OH is 1. The van der Waals surface area contributed by atoms with Gasteiger partial charge in [0.2, 0.25) is 0 Å². The van der Waals surface area contributed by atoms with Gasteiger partial charge in [-0.3, -0.25) is 4.79 Å². The van der Waals surface area contributed by atoms with Gasteiger partial charge in [0.15, 0.2) is 5.78 Å². The Morgan fingerprint density at radius 3 is 2.09 bits per heavy atom. The Labute approximate surface area is 284 Å². The number of ketones is 1. The Hall–Kier alpha value is -2.55. The lowest BCUT2D eigenvalue weighted by molar-refractivity contribution is 0.0972. The summed E-state index contributed by atoms with van der Waals surface area (Å²) in [4.78, 5) is 13.9. The van der Waals surface area contributed by atoms with E-state index in [-0.39, 0.29) is 24.5 Å². The highest BCUT2D eigenvalue weighted by Gasteiger charge is 2.56. The zero-order chi connectivity index (χ0) is 31.4. The summed E-state index contributed by atoms with van der Waals surface area (Å²) in [6.07, 6.45) is 8.12. The molecule has 2 aliphatic heterocycles. The molecular formula is C38H40BBr2NO3. The lowest BCUT2D eigenvalue weighted by Crippen LogP contribution is -2.41. The van der Waals surface area contributed by atoms with Gasteiger partial charge >= 0.3 is 7.05 Å². The van der Waals surface area contributed by atoms with Gasteiger partial charge in [-0.25, -0.2) is 0 Å². The molecule has 232 valence electrons. The fourth-order valence-electron chi connectivity index (χ4n) is 7.48. The summed E-state index contributed by atoms with van der Waals surface area (Å²) in [5.74, 6) is 0.289. The summed E-state index contributed by atoms with van der Waals surface area (Å²) in [6, 6.07) is 34.0. The van der Waals surface area contributed by atoms with Crippen molar-refractivity contribution >= 4 is 44.7 Å². The fraction of sp³-hybridized carbons (Fsp3) is 0.342. The molecule has 4 aromatic rings. The molecule has 7 heteroatoms. The van der Waals surface area contributed by atoms with Crippen LogP contribution in [0.3, 0.4) is 0 Å². The van der Waals surface area contributed by atoms with E-state index in [1.54, 1.807) is 0 Å². The summed E-state index contributed by atoms with van der Waals surface area (Å²) >= 11 is 6.77. The van der Waals surface area contributed by atoms with Gasteiger partial charge in [-0.1, -0.05) is 105 Å². The van der Waals surface area contributed by atoms with E-state index in [9.17, 15) is 9.90 Å². The Kier molecular flexibility index (Phi) is 10.4. The van der Waals surface area contributed by atoms with Crippen molar-refractivity contribution in [3.63, 3.8) is 0 Å². The summed E-state index contributed by atoms with van der Waals surface area (Å²) in [7, 11) is 0.179. The molecule has 2 atom stereocenters. The highest BCUT2D eigenvalue weighted by molar-refractivity contribution is 9.10. The van der Waals surface area contributed by atoms with E-state index in [1.165, 1.54) is 35.1 Å². The first-order chi connectivity index (χ1) is 21.9. The zero-order valence-electron chi connectivity index (χ0n) is 25.8. The lowest BCUT2D eigenvalue weighted by Gasteiger charge is -2.36. The Balaban J connectivity index is 0.000000128. The standard InChI is InChI=1S/C18H20BNO.C10H11BrO.C10H9BrO/c1-19-20-14-8-13-17(20)18(21-19,15-9-4-2-5-10-15)16-11-6-3-7-12-16;2*11-8-5-4-7-2-1-3-10(12)9(7)6-8/h2-7,9-12,17H,8,13-14H2,1H3;4-6,10,12H,1-3H2;4-6H,1-3H2/t17-;10-;/m01./s1. The largest absolute Gasteiger partial charge is 0.406 e. The monoisotopic (exact) mass is 727 g/mol. The van der Waals surface area contributed by atoms with Crippen molar-refractivity contribution in [1.29, 1.82) is 0 Å². The minimum absolute atomic E-state index is 0.179. The zero-order valence-corrected chi connectivity index (χ0v) is 29.0. The summed E-state index contributed by atoms with van der Waals surface area (Å²) in [5, 5.41) is 9.66. The third-order valence-corrected chi connectivity index (χ3v) is 10.6. The molecule has 0 bridgehead atoms. The van der Waals surface area contributed by atoms with Crippen LogP contribution in [0.15, 0.2) is 106 Å². The quantitative estimate of drug-likeness (QED) is 0.209. The highest BCUT2D eigenvalue weighted by atomic mass is 79.9. The Bertz CT molecular complexity index is 1580. The molecule has 0 aromatic heterocycles. The van der Waals surface area contributed by atoms with Crippen molar-refractivity contribution in [2.24, 2.45) is 0 Å². The van der Waals surface area contributed by atoms with Gasteiger partial charge in [-0.2, -0.15) is 0 Å². The highest BCUT2D eigenvalue weighted by Crippen LogP contribution is 2.48. The molecule has 2 saturated heterocycles. The number of carbonyl (C=O) groups excluding carboxylic acids is 1. The first kappa shape index (κ1) is 32.4. The molecule has 8 rings (SSSR count). The number of aliphatic hydroxyl groups is 1. The molecule has 2 aliphatic carbocycles. The van der Waals surface area contributed by atoms with E-state index in [1.807, 2.05) is 30.3 Å². The number of halogens is 2. The van der Waals surface area contributed by atoms with Crippen LogP contribution < -0.4 is 0 Å². The SMILES string of the molecule is CB1OC(c2ccccc2)(c2ccccc2)[C@@H]2CCCN12.O=C1CCCc2ccc(Br)cc21.O[C@@H]1CCCc2ccc(Br)cc21. The summed E-state index contributed by atoms with van der Waals surface area (Å²) in [6.45, 7) is 3.33. The first-order valence-corrected chi connectivity index (χ1v) is 17.8. The van der Waals surface area contributed by atoms with Gasteiger partial charge in [0.1, 0.15) is 5.60 Å². The smallest absolute Gasteiger partial charge is 0.380 e. The third-order valence-electron chi connectivity index (χ3n) is 9.61. The molecule has 4 aromatic carbocycles. The van der Waals surface area contributed by atoms with Crippen molar-refractivity contribution in [3.05, 3.63) is 139 Å². The minimum atomic E-state index is -0.321. The number of benzene rings is 4. The number of carbonyl (C=O) groups is 1. The maximum absolute atomic E-state index is 11.4. The molecule has 4 nitrogen and oxygen atoms in total. The maximum atomic E-state index is 11.4. The van der Waals surface area contributed by atoms with Gasteiger partial charge in [0.25, 0.3) is 0 Å². The van der Waals surface area contributed by atoms with E-state index in [0.717, 1.165) is 58.7 Å². The maximum Gasteiger partial charge on any atom is 0.380 e. The van der Waals surface area contributed by atoms with Gasteiger partial charge in [0.05, 0.1) is 6.10 Å². The van der Waals surface area contributed by atoms with E-state index < -0.39 is 0 Å². The van der Waals surface area contributed by atoms with Crippen LogP contribution in [-0.4, -0.2) is 35.3 Å². The van der Waals surface area contributed by atoms with Crippen LogP contribution in [0.4, 0.5) is 0 Å². The van der Waals surface area contributed by atoms with Crippen molar-refractivity contribution in [2.75, 3.05) is 6.54 Å². The van der Waals surface area contributed by atoms with E-state index >= 15 is 0 Å². The van der Waals surface area contributed by atoms with E-state index in [0.29, 0.717) is 12.5 Å². The average Bonchev–Trinajstić information content (AvgIpc) is 3.67. The molecule has 1 N–H and O–H groups in total. The number of hydrogen-bond donors (Lipinski definition) is 1. The summed E-state index contributed by atoms with van der Waals surface area (Å²) < 4.78 is 8.67. The van der Waals surface area contributed by atoms with Gasteiger partial charge < -0.3 is 14.6 Å². The first-order valence-electron chi connectivity index (χ1n) is 16.2. The summed E-state index contributed by atoms with van der Waals surface area (Å²) in [5.41, 5.74) is 6.76. The number of Topliss-reactive ketones (excluding diaryl/α,β-unsaturated/α-hetero) is 1. The molecular weight excluding hydrogens is 689 g/mol. The molecule has 2 fully saturated rings. The van der Waals surface area contributed by atoms with Crippen molar-refractivity contribution in [2.45, 2.75) is 75.9 Å². The van der Waals surface area contributed by atoms with Crippen molar-refractivity contribution < 1.29 is 14.6 Å². The molecule has 45 heavy (non-hydrogen) atoms. The van der Waals surface area contributed by atoms with E-state index in [2.05, 4.69) is 110 Å². The number of hydrogen-bond acceptors (Lipinski definition) is 4. The molecule has 2 heterocycles. The molecule has 4 aliphatic rings. The van der Waals surface area contributed by atoms with Gasteiger partial charge in [0, 0.05) is 27.0 Å². The Morgan fingerprint density at radius 1 is 0.778 bits per heavy atom. The fourth-order valence-corrected chi connectivity index (χ4v) is 8.22. The average molecular weight is 729 g/mol. The lowest BCUT2D eigenvalue weighted by atomic mass is 9.79. The van der Waals surface area contributed by atoms with Crippen LogP contribution in [0.5, 0.6) is 0 Å². The van der Waals surface area contributed by atoms with Crippen LogP contribution >= 0.6 is 31.9 Å². The molecule has 0 spiro atoms.